The van der Waals surface area contributed by atoms with Gasteiger partial charge in [0.15, 0.2) is 5.82 Å². The maximum atomic E-state index is 12.6. The molecule has 1 saturated heterocycles. The highest BCUT2D eigenvalue weighted by atomic mass is 32.2. The molecule has 1 fully saturated rings. The van der Waals surface area contributed by atoms with Crippen LogP contribution in [0.1, 0.15) is 5.56 Å². The Morgan fingerprint density at radius 1 is 1.07 bits per heavy atom. The number of nitrogens with zero attached hydrogens (tertiary/aromatic N) is 6. The van der Waals surface area contributed by atoms with E-state index in [0.29, 0.717) is 24.1 Å². The summed E-state index contributed by atoms with van der Waals surface area (Å²) in [7, 11) is 0. The van der Waals surface area contributed by atoms with Crippen molar-refractivity contribution in [1.29, 1.82) is 0 Å². The number of anilines is 1. The Morgan fingerprint density at radius 3 is 2.55 bits per heavy atom. The van der Waals surface area contributed by atoms with Crippen LogP contribution < -0.4 is 10.7 Å². The van der Waals surface area contributed by atoms with Crippen LogP contribution in [0, 0.1) is 6.92 Å². The van der Waals surface area contributed by atoms with Gasteiger partial charge in [-0.15, -0.1) is 10.2 Å². The zero-order chi connectivity index (χ0) is 20.2. The van der Waals surface area contributed by atoms with Crippen LogP contribution in [0.5, 0.6) is 0 Å². The number of nitrogens with two attached hydrogens (primary N) is 1. The molecule has 0 bridgehead atoms. The summed E-state index contributed by atoms with van der Waals surface area (Å²) in [6.07, 6.45) is 1.79. The lowest BCUT2D eigenvalue weighted by Crippen LogP contribution is -2.49. The third-order valence-corrected chi connectivity index (χ3v) is 5.91. The molecule has 2 N–H and O–H groups in total. The van der Waals surface area contributed by atoms with Gasteiger partial charge in [0.05, 0.1) is 5.75 Å². The topological polar surface area (TPSA) is 93.2 Å². The Hall–Kier alpha value is -3.07. The van der Waals surface area contributed by atoms with Gasteiger partial charge in [0.1, 0.15) is 5.82 Å². The largest absolute Gasteiger partial charge is 0.353 e. The molecule has 4 rings (SSSR count). The van der Waals surface area contributed by atoms with Gasteiger partial charge < -0.3 is 15.6 Å². The van der Waals surface area contributed by atoms with E-state index in [4.69, 9.17) is 5.84 Å². The maximum Gasteiger partial charge on any atom is 0.233 e. The molecule has 29 heavy (non-hydrogen) atoms. The number of carbonyl (C=O) groups excluding carboxylic acids is 1. The van der Waals surface area contributed by atoms with Gasteiger partial charge in [-0.05, 0) is 24.6 Å². The number of pyridine rings is 1. The van der Waals surface area contributed by atoms with E-state index >= 15 is 0 Å². The predicted molar refractivity (Wildman–Crippen MR) is 114 cm³/mol. The molecule has 1 aliphatic heterocycles. The molecule has 0 saturated carbocycles. The van der Waals surface area contributed by atoms with Gasteiger partial charge in [-0.1, -0.05) is 42.1 Å². The lowest BCUT2D eigenvalue weighted by atomic mass is 10.1. The summed E-state index contributed by atoms with van der Waals surface area (Å²) in [5, 5.41) is 8.91. The quantitative estimate of drug-likeness (QED) is 0.507. The maximum absolute atomic E-state index is 12.6. The number of aromatic nitrogens is 4. The summed E-state index contributed by atoms with van der Waals surface area (Å²) in [4.78, 5) is 21.1. The third-order valence-electron chi connectivity index (χ3n) is 4.98. The minimum Gasteiger partial charge on any atom is -0.353 e. The molecule has 0 radical (unpaired) electrons. The number of benzene rings is 1. The number of hydrogen-bond acceptors (Lipinski definition) is 7. The summed E-state index contributed by atoms with van der Waals surface area (Å²) in [6.45, 7) is 4.92. The van der Waals surface area contributed by atoms with Crippen LogP contribution in [0.15, 0.2) is 53.8 Å². The molecule has 1 aromatic carbocycles. The van der Waals surface area contributed by atoms with Gasteiger partial charge in [0.2, 0.25) is 11.1 Å². The van der Waals surface area contributed by atoms with Gasteiger partial charge in [-0.3, -0.25) is 4.79 Å². The number of amides is 1. The number of nitrogen functional groups attached to an aromatic ring is 1. The van der Waals surface area contributed by atoms with Gasteiger partial charge >= 0.3 is 0 Å². The number of aryl methyl sites for hydroxylation is 1. The SMILES string of the molecule is Cc1ccccc1-c1nnc(SCC(=O)N2CCN(c3ccccn3)CC2)n1N. The Kier molecular flexibility index (Phi) is 5.66. The molecule has 0 unspecified atom stereocenters. The van der Waals surface area contributed by atoms with Crippen molar-refractivity contribution in [3.05, 3.63) is 54.2 Å². The highest BCUT2D eigenvalue weighted by Crippen LogP contribution is 2.24. The van der Waals surface area contributed by atoms with Crippen LogP contribution in [0.3, 0.4) is 0 Å². The summed E-state index contributed by atoms with van der Waals surface area (Å²) in [6, 6.07) is 13.8. The number of piperazine rings is 1. The first-order valence-corrected chi connectivity index (χ1v) is 10.4. The van der Waals surface area contributed by atoms with Crippen molar-refractivity contribution in [1.82, 2.24) is 24.8 Å². The second kappa shape index (κ2) is 8.52. The fraction of sp³-hybridized carbons (Fsp3) is 0.300. The average Bonchev–Trinajstić information content (AvgIpc) is 3.13. The van der Waals surface area contributed by atoms with Crippen LogP contribution in [-0.2, 0) is 4.79 Å². The Morgan fingerprint density at radius 2 is 1.83 bits per heavy atom. The van der Waals surface area contributed by atoms with Crippen LogP contribution in [0.2, 0.25) is 0 Å². The fourth-order valence-corrected chi connectivity index (χ4v) is 4.09. The molecule has 8 nitrogen and oxygen atoms in total. The normalized spacial score (nSPS) is 14.2. The van der Waals surface area contributed by atoms with Crippen molar-refractivity contribution in [3.8, 4) is 11.4 Å². The monoisotopic (exact) mass is 409 g/mol. The molecule has 9 heteroatoms. The lowest BCUT2D eigenvalue weighted by molar-refractivity contribution is -0.128. The van der Waals surface area contributed by atoms with Crippen LogP contribution in [0.25, 0.3) is 11.4 Å². The highest BCUT2D eigenvalue weighted by molar-refractivity contribution is 7.99. The van der Waals surface area contributed by atoms with E-state index in [-0.39, 0.29) is 11.7 Å². The molecule has 0 aliphatic carbocycles. The highest BCUT2D eigenvalue weighted by Gasteiger charge is 2.23. The number of rotatable bonds is 5. The van der Waals surface area contributed by atoms with E-state index in [1.165, 1.54) is 16.4 Å². The second-order valence-electron chi connectivity index (χ2n) is 6.84. The number of carbonyl (C=O) groups is 1. The molecule has 2 aromatic heterocycles. The van der Waals surface area contributed by atoms with E-state index in [9.17, 15) is 4.79 Å². The Bertz CT molecular complexity index is 984. The van der Waals surface area contributed by atoms with E-state index in [2.05, 4.69) is 20.1 Å². The number of hydrogen-bond donors (Lipinski definition) is 1. The zero-order valence-corrected chi connectivity index (χ0v) is 17.0. The molecule has 150 valence electrons. The van der Waals surface area contributed by atoms with Crippen molar-refractivity contribution in [2.75, 3.05) is 42.7 Å². The first kappa shape index (κ1) is 19.3. The van der Waals surface area contributed by atoms with Gasteiger partial charge in [0.25, 0.3) is 0 Å². The van der Waals surface area contributed by atoms with Gasteiger partial charge in [-0.2, -0.15) is 0 Å². The molecule has 1 aliphatic rings. The van der Waals surface area contributed by atoms with Crippen LogP contribution in [0.4, 0.5) is 5.82 Å². The fourth-order valence-electron chi connectivity index (χ4n) is 3.33. The molecule has 3 heterocycles. The van der Waals surface area contributed by atoms with Crippen LogP contribution >= 0.6 is 11.8 Å². The standard InChI is InChI=1S/C20H23N7OS/c1-15-6-2-3-7-16(15)19-23-24-20(27(19)21)29-14-18(28)26-12-10-25(11-13-26)17-8-4-5-9-22-17/h2-9H,10-14,21H2,1H3. The molecule has 0 spiro atoms. The third kappa shape index (κ3) is 4.19. The summed E-state index contributed by atoms with van der Waals surface area (Å²) in [5.41, 5.74) is 2.01. The van der Waals surface area contributed by atoms with E-state index < -0.39 is 0 Å². The number of thioether (sulfide) groups is 1. The first-order valence-electron chi connectivity index (χ1n) is 9.46. The average molecular weight is 410 g/mol. The van der Waals surface area contributed by atoms with Gasteiger partial charge in [-0.25, -0.2) is 9.66 Å². The van der Waals surface area contributed by atoms with Crippen molar-refractivity contribution < 1.29 is 4.79 Å². The summed E-state index contributed by atoms with van der Waals surface area (Å²) in [5.74, 6) is 8.10. The molecular weight excluding hydrogens is 386 g/mol. The molecule has 1 amide bonds. The lowest BCUT2D eigenvalue weighted by Gasteiger charge is -2.35. The molecular formula is C20H23N7OS. The second-order valence-corrected chi connectivity index (χ2v) is 7.78. The van der Waals surface area contributed by atoms with Crippen molar-refractivity contribution in [2.45, 2.75) is 12.1 Å². The Balaban J connectivity index is 1.33. The van der Waals surface area contributed by atoms with Gasteiger partial charge in [0, 0.05) is 37.9 Å². The van der Waals surface area contributed by atoms with E-state index in [1.54, 1.807) is 6.20 Å². The van der Waals surface area contributed by atoms with Crippen molar-refractivity contribution >= 4 is 23.5 Å². The zero-order valence-electron chi connectivity index (χ0n) is 16.2. The minimum atomic E-state index is 0.0797. The molecule has 3 aromatic rings. The predicted octanol–water partition coefficient (Wildman–Crippen LogP) is 1.80. The van der Waals surface area contributed by atoms with Crippen molar-refractivity contribution in [3.63, 3.8) is 0 Å². The minimum absolute atomic E-state index is 0.0797. The van der Waals surface area contributed by atoms with E-state index in [1.807, 2.05) is 54.3 Å². The Labute approximate surface area is 173 Å². The summed E-state index contributed by atoms with van der Waals surface area (Å²) < 4.78 is 1.46. The first-order chi connectivity index (χ1) is 14.1. The molecule has 0 atom stereocenters. The van der Waals surface area contributed by atoms with Crippen molar-refractivity contribution in [2.24, 2.45) is 0 Å². The summed E-state index contributed by atoms with van der Waals surface area (Å²) >= 11 is 1.31. The van der Waals surface area contributed by atoms with Crippen LogP contribution in [-0.4, -0.2) is 62.6 Å². The van der Waals surface area contributed by atoms with E-state index in [0.717, 1.165) is 30.0 Å². The smallest absolute Gasteiger partial charge is 0.233 e.